The van der Waals surface area contributed by atoms with E-state index in [9.17, 15) is 0 Å². The SMILES string of the molecule is COc1ccc(C(CC2CCNC2)N(C)C)cc1. The lowest BCUT2D eigenvalue weighted by atomic mass is 9.93. The first-order valence-corrected chi connectivity index (χ1v) is 6.72. The largest absolute Gasteiger partial charge is 0.497 e. The first-order chi connectivity index (χ1) is 8.70. The first-order valence-electron chi connectivity index (χ1n) is 6.72. The second-order valence-corrected chi connectivity index (χ2v) is 5.35. The van der Waals surface area contributed by atoms with Crippen LogP contribution in [0.15, 0.2) is 24.3 Å². The van der Waals surface area contributed by atoms with Gasteiger partial charge in [0, 0.05) is 6.04 Å². The Morgan fingerprint density at radius 3 is 2.56 bits per heavy atom. The third-order valence-electron chi connectivity index (χ3n) is 3.84. The van der Waals surface area contributed by atoms with Crippen molar-refractivity contribution < 1.29 is 4.74 Å². The minimum atomic E-state index is 0.501. The molecule has 0 aliphatic carbocycles. The van der Waals surface area contributed by atoms with E-state index in [0.29, 0.717) is 6.04 Å². The van der Waals surface area contributed by atoms with E-state index in [0.717, 1.165) is 11.7 Å². The lowest BCUT2D eigenvalue weighted by Gasteiger charge is -2.27. The van der Waals surface area contributed by atoms with Crippen molar-refractivity contribution in [2.24, 2.45) is 5.92 Å². The Morgan fingerprint density at radius 2 is 2.06 bits per heavy atom. The van der Waals surface area contributed by atoms with Gasteiger partial charge in [-0.1, -0.05) is 12.1 Å². The molecule has 2 atom stereocenters. The van der Waals surface area contributed by atoms with Crippen LogP contribution < -0.4 is 10.1 Å². The number of hydrogen-bond acceptors (Lipinski definition) is 3. The maximum atomic E-state index is 5.22. The summed E-state index contributed by atoms with van der Waals surface area (Å²) >= 11 is 0. The lowest BCUT2D eigenvalue weighted by Crippen LogP contribution is -2.23. The average Bonchev–Trinajstić information content (AvgIpc) is 2.89. The molecule has 1 N–H and O–H groups in total. The summed E-state index contributed by atoms with van der Waals surface area (Å²) in [5.41, 5.74) is 1.38. The van der Waals surface area contributed by atoms with Gasteiger partial charge in [0.1, 0.15) is 5.75 Å². The van der Waals surface area contributed by atoms with E-state index in [4.69, 9.17) is 4.74 Å². The molecule has 1 fully saturated rings. The molecule has 0 spiro atoms. The summed E-state index contributed by atoms with van der Waals surface area (Å²) in [4.78, 5) is 2.32. The van der Waals surface area contributed by atoms with Crippen molar-refractivity contribution in [2.75, 3.05) is 34.3 Å². The number of benzene rings is 1. The highest BCUT2D eigenvalue weighted by atomic mass is 16.5. The minimum Gasteiger partial charge on any atom is -0.497 e. The van der Waals surface area contributed by atoms with E-state index in [1.807, 2.05) is 0 Å². The van der Waals surface area contributed by atoms with E-state index >= 15 is 0 Å². The van der Waals surface area contributed by atoms with Crippen LogP contribution in [0.4, 0.5) is 0 Å². The van der Waals surface area contributed by atoms with Crippen molar-refractivity contribution in [3.63, 3.8) is 0 Å². The summed E-state index contributed by atoms with van der Waals surface area (Å²) in [5.74, 6) is 1.73. The zero-order chi connectivity index (χ0) is 13.0. The third-order valence-corrected chi connectivity index (χ3v) is 3.84. The summed E-state index contributed by atoms with van der Waals surface area (Å²) in [5, 5.41) is 3.45. The van der Waals surface area contributed by atoms with Crippen LogP contribution in [-0.4, -0.2) is 39.2 Å². The summed E-state index contributed by atoms with van der Waals surface area (Å²) in [6, 6.07) is 8.98. The molecule has 18 heavy (non-hydrogen) atoms. The lowest BCUT2D eigenvalue weighted by molar-refractivity contribution is 0.253. The highest BCUT2D eigenvalue weighted by molar-refractivity contribution is 5.29. The van der Waals surface area contributed by atoms with Crippen LogP contribution in [0.2, 0.25) is 0 Å². The van der Waals surface area contributed by atoms with Crippen LogP contribution >= 0.6 is 0 Å². The van der Waals surface area contributed by atoms with Gasteiger partial charge in [-0.2, -0.15) is 0 Å². The molecule has 1 aromatic carbocycles. The van der Waals surface area contributed by atoms with Crippen LogP contribution in [0.25, 0.3) is 0 Å². The van der Waals surface area contributed by atoms with Gasteiger partial charge in [0.25, 0.3) is 0 Å². The van der Waals surface area contributed by atoms with Crippen LogP contribution in [0.1, 0.15) is 24.4 Å². The maximum Gasteiger partial charge on any atom is 0.118 e. The zero-order valence-corrected chi connectivity index (χ0v) is 11.6. The van der Waals surface area contributed by atoms with Crippen molar-refractivity contribution in [3.8, 4) is 5.75 Å². The summed E-state index contributed by atoms with van der Waals surface area (Å²) < 4.78 is 5.22. The smallest absolute Gasteiger partial charge is 0.118 e. The summed E-state index contributed by atoms with van der Waals surface area (Å²) in [6.45, 7) is 2.34. The number of hydrogen-bond donors (Lipinski definition) is 1. The minimum absolute atomic E-state index is 0.501. The highest BCUT2D eigenvalue weighted by Gasteiger charge is 2.22. The molecule has 3 nitrogen and oxygen atoms in total. The summed E-state index contributed by atoms with van der Waals surface area (Å²) in [7, 11) is 6.04. The van der Waals surface area contributed by atoms with Crippen LogP contribution in [-0.2, 0) is 0 Å². The highest BCUT2D eigenvalue weighted by Crippen LogP contribution is 2.29. The number of nitrogens with one attached hydrogen (secondary N) is 1. The van der Waals surface area contributed by atoms with Crippen LogP contribution in [0.3, 0.4) is 0 Å². The second kappa shape index (κ2) is 6.21. The molecular formula is C15H24N2O. The van der Waals surface area contributed by atoms with Gasteiger partial charge in [0.05, 0.1) is 7.11 Å². The third kappa shape index (κ3) is 3.24. The molecule has 3 heteroatoms. The van der Waals surface area contributed by atoms with E-state index < -0.39 is 0 Å². The molecule has 1 aliphatic rings. The first kappa shape index (κ1) is 13.4. The van der Waals surface area contributed by atoms with Gasteiger partial charge in [0.15, 0.2) is 0 Å². The van der Waals surface area contributed by atoms with Crippen molar-refractivity contribution in [1.29, 1.82) is 0 Å². The fraction of sp³-hybridized carbons (Fsp3) is 0.600. The van der Waals surface area contributed by atoms with E-state index in [1.54, 1.807) is 7.11 Å². The normalized spacial score (nSPS) is 21.2. The topological polar surface area (TPSA) is 24.5 Å². The van der Waals surface area contributed by atoms with Crippen LogP contribution in [0, 0.1) is 5.92 Å². The Bertz CT molecular complexity index is 355. The van der Waals surface area contributed by atoms with Gasteiger partial charge < -0.3 is 15.0 Å². The quantitative estimate of drug-likeness (QED) is 0.865. The molecule has 1 aliphatic heterocycles. The monoisotopic (exact) mass is 248 g/mol. The number of nitrogens with zero attached hydrogens (tertiary/aromatic N) is 1. The Balaban J connectivity index is 2.07. The van der Waals surface area contributed by atoms with Crippen molar-refractivity contribution in [2.45, 2.75) is 18.9 Å². The molecule has 0 amide bonds. The Hall–Kier alpha value is -1.06. The molecule has 2 rings (SSSR count). The molecule has 0 radical (unpaired) electrons. The Kier molecular flexibility index (Phi) is 4.61. The van der Waals surface area contributed by atoms with E-state index in [2.05, 4.69) is 48.6 Å². The molecule has 1 saturated heterocycles. The van der Waals surface area contributed by atoms with Crippen molar-refractivity contribution in [3.05, 3.63) is 29.8 Å². The van der Waals surface area contributed by atoms with Gasteiger partial charge in [-0.05, 0) is 63.6 Å². The predicted molar refractivity (Wildman–Crippen MR) is 75.0 cm³/mol. The fourth-order valence-corrected chi connectivity index (χ4v) is 2.70. The molecular weight excluding hydrogens is 224 g/mol. The molecule has 1 heterocycles. The molecule has 1 aromatic rings. The van der Waals surface area contributed by atoms with Crippen LogP contribution in [0.5, 0.6) is 5.75 Å². The predicted octanol–water partition coefficient (Wildman–Crippen LogP) is 2.30. The van der Waals surface area contributed by atoms with Gasteiger partial charge >= 0.3 is 0 Å². The standard InChI is InChI=1S/C15H24N2O/c1-17(2)15(10-12-8-9-16-11-12)13-4-6-14(18-3)7-5-13/h4-7,12,15-16H,8-11H2,1-3H3. The molecule has 2 unspecified atom stereocenters. The zero-order valence-electron chi connectivity index (χ0n) is 11.6. The average molecular weight is 248 g/mol. The number of ether oxygens (including phenoxy) is 1. The maximum absolute atomic E-state index is 5.22. The van der Waals surface area contributed by atoms with Gasteiger partial charge in [-0.15, -0.1) is 0 Å². The Morgan fingerprint density at radius 1 is 1.33 bits per heavy atom. The molecule has 100 valence electrons. The van der Waals surface area contributed by atoms with Gasteiger partial charge in [-0.3, -0.25) is 0 Å². The van der Waals surface area contributed by atoms with E-state index in [1.165, 1.54) is 31.5 Å². The van der Waals surface area contributed by atoms with Gasteiger partial charge in [-0.25, -0.2) is 0 Å². The molecule has 0 aromatic heterocycles. The van der Waals surface area contributed by atoms with E-state index in [-0.39, 0.29) is 0 Å². The number of rotatable bonds is 5. The fourth-order valence-electron chi connectivity index (χ4n) is 2.70. The van der Waals surface area contributed by atoms with Crippen molar-refractivity contribution >= 4 is 0 Å². The molecule has 0 bridgehead atoms. The molecule has 0 saturated carbocycles. The second-order valence-electron chi connectivity index (χ2n) is 5.35. The van der Waals surface area contributed by atoms with Crippen molar-refractivity contribution in [1.82, 2.24) is 10.2 Å². The Labute approximate surface area is 110 Å². The number of methoxy groups -OCH3 is 1. The summed E-state index contributed by atoms with van der Waals surface area (Å²) in [6.07, 6.45) is 2.53. The van der Waals surface area contributed by atoms with Gasteiger partial charge in [0.2, 0.25) is 0 Å².